The number of hydrogen-bond donors (Lipinski definition) is 2. The van der Waals surface area contributed by atoms with Crippen molar-refractivity contribution in [1.29, 1.82) is 0 Å². The van der Waals surface area contributed by atoms with E-state index < -0.39 is 5.97 Å². The number of halogens is 3. The molecule has 0 aliphatic heterocycles. The zero-order valence-corrected chi connectivity index (χ0v) is 20.3. The SMILES string of the molecule is O=C(CCc1ccc([C@H]2CCC(Cl)[C@@H]2CNc2ccc(Cl)c3ccccc23)cc1F)OCCO. The molecule has 1 aliphatic carbocycles. The van der Waals surface area contributed by atoms with E-state index in [1.54, 1.807) is 12.1 Å². The molecule has 2 N–H and O–H groups in total. The molecule has 4 nitrogen and oxygen atoms in total. The van der Waals surface area contributed by atoms with Crippen molar-refractivity contribution in [3.63, 3.8) is 0 Å². The normalized spacial score (nSPS) is 19.9. The molecule has 3 aromatic carbocycles. The van der Waals surface area contributed by atoms with Crippen molar-refractivity contribution in [1.82, 2.24) is 0 Å². The predicted molar refractivity (Wildman–Crippen MR) is 135 cm³/mol. The monoisotopic (exact) mass is 503 g/mol. The van der Waals surface area contributed by atoms with Crippen LogP contribution in [0.5, 0.6) is 0 Å². The number of alkyl halides is 1. The first-order chi connectivity index (χ1) is 16.5. The summed E-state index contributed by atoms with van der Waals surface area (Å²) in [5.41, 5.74) is 2.41. The van der Waals surface area contributed by atoms with E-state index in [2.05, 4.69) is 5.32 Å². The van der Waals surface area contributed by atoms with Crippen LogP contribution in [-0.2, 0) is 16.0 Å². The number of carbonyl (C=O) groups excluding carboxylic acids is 1. The highest BCUT2D eigenvalue weighted by molar-refractivity contribution is 6.36. The van der Waals surface area contributed by atoms with Gasteiger partial charge >= 0.3 is 5.97 Å². The van der Waals surface area contributed by atoms with Gasteiger partial charge in [0, 0.05) is 39.8 Å². The summed E-state index contributed by atoms with van der Waals surface area (Å²) in [4.78, 5) is 11.6. The van der Waals surface area contributed by atoms with E-state index in [4.69, 9.17) is 33.0 Å². The van der Waals surface area contributed by atoms with Gasteiger partial charge in [-0.2, -0.15) is 0 Å². The fourth-order valence-corrected chi connectivity index (χ4v) is 5.43. The molecule has 34 heavy (non-hydrogen) atoms. The number of ether oxygens (including phenoxy) is 1. The van der Waals surface area contributed by atoms with Crippen molar-refractivity contribution < 1.29 is 19.0 Å². The van der Waals surface area contributed by atoms with E-state index >= 15 is 0 Å². The smallest absolute Gasteiger partial charge is 0.306 e. The van der Waals surface area contributed by atoms with Gasteiger partial charge in [0.1, 0.15) is 12.4 Å². The standard InChI is InChI=1S/C27H28Cl2FNO3/c28-23-10-11-26(21-4-2-1-3-20(21)23)31-16-22-19(8-9-24(22)29)18-6-5-17(25(30)15-18)7-12-27(33)34-14-13-32/h1-6,10-11,15,19,22,24,31-32H,7-9,12-14,16H2/t19-,22-,24?/m1/s1. The van der Waals surface area contributed by atoms with Crippen molar-refractivity contribution in [2.24, 2.45) is 5.92 Å². The van der Waals surface area contributed by atoms with Crippen LogP contribution in [0.15, 0.2) is 54.6 Å². The van der Waals surface area contributed by atoms with Crippen LogP contribution in [0, 0.1) is 11.7 Å². The summed E-state index contributed by atoms with van der Waals surface area (Å²) < 4.78 is 19.7. The molecule has 180 valence electrons. The van der Waals surface area contributed by atoms with Gasteiger partial charge in [-0.05, 0) is 60.4 Å². The number of hydrogen-bond acceptors (Lipinski definition) is 4. The molecule has 1 aliphatic rings. The molecule has 3 atom stereocenters. The number of aliphatic hydroxyl groups excluding tert-OH is 1. The lowest BCUT2D eigenvalue weighted by molar-refractivity contribution is -0.144. The molecule has 0 bridgehead atoms. The second kappa shape index (κ2) is 11.4. The zero-order valence-electron chi connectivity index (χ0n) is 18.8. The van der Waals surface area contributed by atoms with E-state index in [-0.39, 0.29) is 49.1 Å². The third-order valence-corrected chi connectivity index (χ3v) is 7.46. The van der Waals surface area contributed by atoms with Crippen molar-refractivity contribution in [2.45, 2.75) is 37.0 Å². The summed E-state index contributed by atoms with van der Waals surface area (Å²) in [7, 11) is 0. The second-order valence-corrected chi connectivity index (χ2v) is 9.65. The molecule has 0 saturated heterocycles. The first-order valence-electron chi connectivity index (χ1n) is 11.6. The van der Waals surface area contributed by atoms with E-state index in [0.717, 1.165) is 34.9 Å². The number of nitrogens with one attached hydrogen (secondary N) is 1. The summed E-state index contributed by atoms with van der Waals surface area (Å²) >= 11 is 13.1. The summed E-state index contributed by atoms with van der Waals surface area (Å²) in [5, 5.41) is 15.1. The first kappa shape index (κ1) is 24.8. The van der Waals surface area contributed by atoms with Crippen LogP contribution in [0.2, 0.25) is 5.02 Å². The lowest BCUT2D eigenvalue weighted by atomic mass is 9.87. The highest BCUT2D eigenvalue weighted by Crippen LogP contribution is 2.43. The lowest BCUT2D eigenvalue weighted by Gasteiger charge is -2.24. The number of rotatable bonds is 9. The summed E-state index contributed by atoms with van der Waals surface area (Å²) in [6.07, 6.45) is 2.10. The number of fused-ring (bicyclic) bond motifs is 1. The number of aliphatic hydroxyl groups is 1. The van der Waals surface area contributed by atoms with Crippen LogP contribution < -0.4 is 5.32 Å². The Hall–Kier alpha value is -2.34. The molecule has 1 fully saturated rings. The van der Waals surface area contributed by atoms with Gasteiger partial charge in [0.15, 0.2) is 0 Å². The van der Waals surface area contributed by atoms with E-state index in [9.17, 15) is 9.18 Å². The topological polar surface area (TPSA) is 58.6 Å². The minimum atomic E-state index is -0.445. The Morgan fingerprint density at radius 1 is 1.12 bits per heavy atom. The number of benzene rings is 3. The van der Waals surface area contributed by atoms with Gasteiger partial charge in [0.05, 0.1) is 6.61 Å². The van der Waals surface area contributed by atoms with Gasteiger partial charge in [0.2, 0.25) is 0 Å². The third kappa shape index (κ3) is 5.65. The number of aryl methyl sites for hydroxylation is 1. The maximum atomic E-state index is 14.8. The molecule has 1 saturated carbocycles. The van der Waals surface area contributed by atoms with E-state index in [0.29, 0.717) is 17.1 Å². The Morgan fingerprint density at radius 2 is 1.91 bits per heavy atom. The lowest BCUT2D eigenvalue weighted by Crippen LogP contribution is -2.23. The fourth-order valence-electron chi connectivity index (χ4n) is 4.81. The summed E-state index contributed by atoms with van der Waals surface area (Å²) in [5.74, 6) is -0.471. The zero-order chi connectivity index (χ0) is 24.1. The van der Waals surface area contributed by atoms with Crippen molar-refractivity contribution >= 4 is 45.6 Å². The molecule has 7 heteroatoms. The summed E-state index contributed by atoms with van der Waals surface area (Å²) in [6.45, 7) is 0.412. The minimum Gasteiger partial charge on any atom is -0.463 e. The highest BCUT2D eigenvalue weighted by atomic mass is 35.5. The van der Waals surface area contributed by atoms with Crippen LogP contribution >= 0.6 is 23.2 Å². The fraction of sp³-hybridized carbons (Fsp3) is 0.370. The molecule has 0 radical (unpaired) electrons. The van der Waals surface area contributed by atoms with Gasteiger partial charge < -0.3 is 15.2 Å². The van der Waals surface area contributed by atoms with Crippen LogP contribution in [0.25, 0.3) is 10.8 Å². The largest absolute Gasteiger partial charge is 0.463 e. The predicted octanol–water partition coefficient (Wildman–Crippen LogP) is 6.31. The van der Waals surface area contributed by atoms with Crippen LogP contribution in [0.3, 0.4) is 0 Å². The molecule has 4 rings (SSSR count). The van der Waals surface area contributed by atoms with E-state index in [1.165, 1.54) is 0 Å². The van der Waals surface area contributed by atoms with Crippen molar-refractivity contribution in [3.05, 3.63) is 76.6 Å². The van der Waals surface area contributed by atoms with Crippen molar-refractivity contribution in [2.75, 3.05) is 25.1 Å². The van der Waals surface area contributed by atoms with Gasteiger partial charge in [-0.1, -0.05) is 48.0 Å². The Morgan fingerprint density at radius 3 is 2.68 bits per heavy atom. The van der Waals surface area contributed by atoms with Gasteiger partial charge in [-0.3, -0.25) is 4.79 Å². The molecule has 0 aromatic heterocycles. The average molecular weight is 504 g/mol. The highest BCUT2D eigenvalue weighted by Gasteiger charge is 2.36. The molecular formula is C27H28Cl2FNO3. The molecule has 0 heterocycles. The van der Waals surface area contributed by atoms with Crippen LogP contribution in [0.1, 0.15) is 36.3 Å². The minimum absolute atomic E-state index is 0.0000900. The van der Waals surface area contributed by atoms with Gasteiger partial charge in [-0.25, -0.2) is 4.39 Å². The number of carbonyl (C=O) groups is 1. The Balaban J connectivity index is 1.45. The van der Waals surface area contributed by atoms with Gasteiger partial charge in [0.25, 0.3) is 0 Å². The Bertz CT molecular complexity index is 1160. The number of anilines is 1. The summed E-state index contributed by atoms with van der Waals surface area (Å²) in [6, 6.07) is 17.2. The maximum Gasteiger partial charge on any atom is 0.306 e. The molecule has 1 unspecified atom stereocenters. The molecule has 0 amide bonds. The molecule has 0 spiro atoms. The third-order valence-electron chi connectivity index (χ3n) is 6.59. The molecular weight excluding hydrogens is 476 g/mol. The molecule has 3 aromatic rings. The maximum absolute atomic E-state index is 14.8. The second-order valence-electron chi connectivity index (χ2n) is 8.68. The van der Waals surface area contributed by atoms with Crippen molar-refractivity contribution in [3.8, 4) is 0 Å². The average Bonchev–Trinajstić information content (AvgIpc) is 3.22. The van der Waals surface area contributed by atoms with Gasteiger partial charge in [-0.15, -0.1) is 11.6 Å². The first-order valence-corrected chi connectivity index (χ1v) is 12.4. The van der Waals surface area contributed by atoms with E-state index in [1.807, 2.05) is 42.5 Å². The van der Waals surface area contributed by atoms with Crippen LogP contribution in [-0.4, -0.2) is 36.2 Å². The van der Waals surface area contributed by atoms with Crippen LogP contribution in [0.4, 0.5) is 10.1 Å². The Labute approximate surface area is 209 Å². The quantitative estimate of drug-likeness (QED) is 0.265. The number of esters is 1. The Kier molecular flexibility index (Phi) is 8.30.